The van der Waals surface area contributed by atoms with Gasteiger partial charge in [0.1, 0.15) is 5.75 Å². The van der Waals surface area contributed by atoms with E-state index in [9.17, 15) is 0 Å². The largest absolute Gasteiger partial charge is 0.497 e. The Bertz CT molecular complexity index is 377. The molecule has 1 aromatic rings. The molecule has 0 radical (unpaired) electrons. The standard InChI is InChI=1S/C15H24N2O/c1-12(13-7-8-13)16-9-10-17(2)14-5-4-6-15(11-14)18-3/h4-6,11-13,16H,7-10H2,1-3H3. The van der Waals surface area contributed by atoms with Crippen LogP contribution < -0.4 is 15.0 Å². The highest BCUT2D eigenvalue weighted by Gasteiger charge is 2.27. The molecule has 1 fully saturated rings. The van der Waals surface area contributed by atoms with Crippen LogP contribution in [-0.4, -0.2) is 33.3 Å². The van der Waals surface area contributed by atoms with Crippen LogP contribution in [0.15, 0.2) is 24.3 Å². The van der Waals surface area contributed by atoms with Crippen LogP contribution in [0.2, 0.25) is 0 Å². The van der Waals surface area contributed by atoms with Gasteiger partial charge >= 0.3 is 0 Å². The van der Waals surface area contributed by atoms with Crippen LogP contribution in [0.1, 0.15) is 19.8 Å². The van der Waals surface area contributed by atoms with Crippen molar-refractivity contribution in [2.75, 3.05) is 32.1 Å². The summed E-state index contributed by atoms with van der Waals surface area (Å²) in [5.74, 6) is 1.84. The lowest BCUT2D eigenvalue weighted by Crippen LogP contribution is -2.35. The number of nitrogens with one attached hydrogen (secondary N) is 1. The third kappa shape index (κ3) is 3.64. The molecule has 18 heavy (non-hydrogen) atoms. The topological polar surface area (TPSA) is 24.5 Å². The van der Waals surface area contributed by atoms with Crippen molar-refractivity contribution < 1.29 is 4.74 Å². The van der Waals surface area contributed by atoms with Gasteiger partial charge in [-0.3, -0.25) is 0 Å². The summed E-state index contributed by atoms with van der Waals surface area (Å²) < 4.78 is 5.25. The van der Waals surface area contributed by atoms with E-state index in [4.69, 9.17) is 4.74 Å². The minimum atomic E-state index is 0.670. The van der Waals surface area contributed by atoms with Gasteiger partial charge in [0.05, 0.1) is 7.11 Å². The molecule has 1 aliphatic carbocycles. The van der Waals surface area contributed by atoms with Crippen LogP contribution in [-0.2, 0) is 0 Å². The Kier molecular flexibility index (Phi) is 4.48. The fourth-order valence-corrected chi connectivity index (χ4v) is 2.20. The van der Waals surface area contributed by atoms with Crippen LogP contribution in [0.5, 0.6) is 5.75 Å². The van der Waals surface area contributed by atoms with Gasteiger partial charge < -0.3 is 15.0 Å². The van der Waals surface area contributed by atoms with Crippen molar-refractivity contribution in [3.05, 3.63) is 24.3 Å². The molecular weight excluding hydrogens is 224 g/mol. The van der Waals surface area contributed by atoms with E-state index in [2.05, 4.69) is 36.3 Å². The average Bonchev–Trinajstić information content (AvgIpc) is 3.23. The van der Waals surface area contributed by atoms with Gasteiger partial charge in [-0.2, -0.15) is 0 Å². The maximum Gasteiger partial charge on any atom is 0.120 e. The van der Waals surface area contributed by atoms with Crippen molar-refractivity contribution in [1.29, 1.82) is 0 Å². The zero-order valence-electron chi connectivity index (χ0n) is 11.6. The van der Waals surface area contributed by atoms with E-state index in [1.165, 1.54) is 18.5 Å². The van der Waals surface area contributed by atoms with E-state index in [0.29, 0.717) is 6.04 Å². The van der Waals surface area contributed by atoms with Gasteiger partial charge in [0.15, 0.2) is 0 Å². The van der Waals surface area contributed by atoms with Crippen molar-refractivity contribution in [1.82, 2.24) is 5.32 Å². The number of likely N-dealkylation sites (N-methyl/N-ethyl adjacent to an activating group) is 1. The molecule has 0 bridgehead atoms. The smallest absolute Gasteiger partial charge is 0.120 e. The lowest BCUT2D eigenvalue weighted by Gasteiger charge is -2.21. The van der Waals surface area contributed by atoms with E-state index < -0.39 is 0 Å². The van der Waals surface area contributed by atoms with E-state index >= 15 is 0 Å². The second-order valence-corrected chi connectivity index (χ2v) is 5.20. The first-order valence-corrected chi connectivity index (χ1v) is 6.79. The molecule has 3 nitrogen and oxygen atoms in total. The molecular formula is C15H24N2O. The minimum absolute atomic E-state index is 0.670. The minimum Gasteiger partial charge on any atom is -0.497 e. The monoisotopic (exact) mass is 248 g/mol. The van der Waals surface area contributed by atoms with E-state index in [-0.39, 0.29) is 0 Å². The zero-order chi connectivity index (χ0) is 13.0. The van der Waals surface area contributed by atoms with E-state index in [1.54, 1.807) is 7.11 Å². The number of rotatable bonds is 7. The van der Waals surface area contributed by atoms with Gasteiger partial charge in [-0.1, -0.05) is 6.07 Å². The Balaban J connectivity index is 1.77. The van der Waals surface area contributed by atoms with Crippen molar-refractivity contribution in [2.45, 2.75) is 25.8 Å². The van der Waals surface area contributed by atoms with Gasteiger partial charge in [-0.15, -0.1) is 0 Å². The molecule has 1 aliphatic rings. The third-order valence-electron chi connectivity index (χ3n) is 3.74. The maximum absolute atomic E-state index is 5.25. The summed E-state index contributed by atoms with van der Waals surface area (Å²) in [7, 11) is 3.83. The molecule has 100 valence electrons. The highest BCUT2D eigenvalue weighted by atomic mass is 16.5. The Morgan fingerprint density at radius 2 is 2.22 bits per heavy atom. The summed E-state index contributed by atoms with van der Waals surface area (Å²) in [6.45, 7) is 4.35. The normalized spacial score (nSPS) is 16.4. The second-order valence-electron chi connectivity index (χ2n) is 5.20. The second kappa shape index (κ2) is 6.10. The first-order valence-electron chi connectivity index (χ1n) is 6.79. The summed E-state index contributed by atoms with van der Waals surface area (Å²) in [6, 6.07) is 8.87. The van der Waals surface area contributed by atoms with Gasteiger partial charge in [0.2, 0.25) is 0 Å². The lowest BCUT2D eigenvalue weighted by molar-refractivity contribution is 0.415. The molecule has 0 amide bonds. The fraction of sp³-hybridized carbons (Fsp3) is 0.600. The molecule has 1 saturated carbocycles. The zero-order valence-corrected chi connectivity index (χ0v) is 11.6. The van der Waals surface area contributed by atoms with Crippen molar-refractivity contribution in [3.63, 3.8) is 0 Å². The number of ether oxygens (including phenoxy) is 1. The summed E-state index contributed by atoms with van der Waals surface area (Å²) in [5.41, 5.74) is 1.20. The van der Waals surface area contributed by atoms with Crippen LogP contribution in [0.25, 0.3) is 0 Å². The van der Waals surface area contributed by atoms with Gasteiger partial charge in [0.25, 0.3) is 0 Å². The first kappa shape index (κ1) is 13.2. The summed E-state index contributed by atoms with van der Waals surface area (Å²) in [6.07, 6.45) is 2.81. The predicted octanol–water partition coefficient (Wildman–Crippen LogP) is 2.52. The number of hydrogen-bond acceptors (Lipinski definition) is 3. The maximum atomic E-state index is 5.25. The Morgan fingerprint density at radius 3 is 2.89 bits per heavy atom. The molecule has 1 unspecified atom stereocenters. The van der Waals surface area contributed by atoms with Gasteiger partial charge in [-0.25, -0.2) is 0 Å². The molecule has 1 N–H and O–H groups in total. The Morgan fingerprint density at radius 1 is 1.44 bits per heavy atom. The molecule has 1 aromatic carbocycles. The third-order valence-corrected chi connectivity index (χ3v) is 3.74. The predicted molar refractivity (Wildman–Crippen MR) is 76.5 cm³/mol. The van der Waals surface area contributed by atoms with E-state index in [1.807, 2.05) is 12.1 Å². The molecule has 0 aromatic heterocycles. The average molecular weight is 248 g/mol. The Hall–Kier alpha value is -1.22. The van der Waals surface area contributed by atoms with Crippen molar-refractivity contribution in [2.24, 2.45) is 5.92 Å². The van der Waals surface area contributed by atoms with E-state index in [0.717, 1.165) is 24.8 Å². The van der Waals surface area contributed by atoms with Crippen molar-refractivity contribution in [3.8, 4) is 5.75 Å². The molecule has 3 heteroatoms. The summed E-state index contributed by atoms with van der Waals surface area (Å²) in [5, 5.41) is 3.60. The number of nitrogens with zero attached hydrogens (tertiary/aromatic N) is 1. The number of hydrogen-bond donors (Lipinski definition) is 1. The highest BCUT2D eigenvalue weighted by molar-refractivity contribution is 5.50. The molecule has 2 rings (SSSR count). The first-order chi connectivity index (χ1) is 8.70. The lowest BCUT2D eigenvalue weighted by atomic mass is 10.2. The molecule has 0 aliphatic heterocycles. The van der Waals surface area contributed by atoms with Gasteiger partial charge in [-0.05, 0) is 37.8 Å². The Labute approximate surface area is 110 Å². The molecule has 0 spiro atoms. The highest BCUT2D eigenvalue weighted by Crippen LogP contribution is 2.32. The fourth-order valence-electron chi connectivity index (χ4n) is 2.20. The number of anilines is 1. The SMILES string of the molecule is COc1cccc(N(C)CCNC(C)C2CC2)c1. The van der Waals surface area contributed by atoms with Crippen LogP contribution in [0.4, 0.5) is 5.69 Å². The quantitative estimate of drug-likeness (QED) is 0.802. The summed E-state index contributed by atoms with van der Waals surface area (Å²) in [4.78, 5) is 2.26. The molecule has 0 heterocycles. The van der Waals surface area contributed by atoms with Crippen LogP contribution >= 0.6 is 0 Å². The molecule has 1 atom stereocenters. The molecule has 0 saturated heterocycles. The number of benzene rings is 1. The summed E-state index contributed by atoms with van der Waals surface area (Å²) >= 11 is 0. The van der Waals surface area contributed by atoms with Crippen LogP contribution in [0, 0.1) is 5.92 Å². The van der Waals surface area contributed by atoms with Gasteiger partial charge in [0, 0.05) is 37.9 Å². The van der Waals surface area contributed by atoms with Crippen molar-refractivity contribution >= 4 is 5.69 Å². The number of methoxy groups -OCH3 is 1. The van der Waals surface area contributed by atoms with Crippen LogP contribution in [0.3, 0.4) is 0 Å².